The van der Waals surface area contributed by atoms with Gasteiger partial charge in [-0.1, -0.05) is 66.7 Å². The van der Waals surface area contributed by atoms with Crippen molar-refractivity contribution in [3.05, 3.63) is 96.1 Å². The summed E-state index contributed by atoms with van der Waals surface area (Å²) in [6, 6.07) is 28.6. The van der Waals surface area contributed by atoms with Gasteiger partial charge in [-0.05, 0) is 23.8 Å². The van der Waals surface area contributed by atoms with Crippen molar-refractivity contribution in [2.24, 2.45) is 4.99 Å². The molecular weight excluding hydrogens is 268 g/mol. The quantitative estimate of drug-likeness (QED) is 0.652. The summed E-state index contributed by atoms with van der Waals surface area (Å²) in [6.45, 7) is 0.695. The minimum Gasteiger partial charge on any atom is -0.355 e. The molecule has 0 atom stereocenters. The third-order valence-corrected chi connectivity index (χ3v) is 3.36. The molecule has 0 fully saturated rings. The molecule has 0 heterocycles. The van der Waals surface area contributed by atoms with Crippen molar-refractivity contribution in [1.82, 2.24) is 0 Å². The van der Waals surface area contributed by atoms with Gasteiger partial charge in [0, 0.05) is 23.2 Å². The topological polar surface area (TPSA) is 24.4 Å². The Labute approximate surface area is 131 Å². The van der Waals surface area contributed by atoms with Gasteiger partial charge in [0.15, 0.2) is 0 Å². The van der Waals surface area contributed by atoms with E-state index < -0.39 is 0 Å². The monoisotopic (exact) mass is 286 g/mol. The lowest BCUT2D eigenvalue weighted by molar-refractivity contribution is 1.08. The minimum absolute atomic E-state index is 0.695. The van der Waals surface area contributed by atoms with Crippen LogP contribution in [0.3, 0.4) is 0 Å². The van der Waals surface area contributed by atoms with E-state index in [1.165, 1.54) is 5.56 Å². The molecule has 0 aliphatic carbocycles. The van der Waals surface area contributed by atoms with Crippen molar-refractivity contribution in [2.75, 3.05) is 5.32 Å². The normalized spacial score (nSPS) is 10.7. The molecular formula is C20H18N2. The van der Waals surface area contributed by atoms with Crippen molar-refractivity contribution < 1.29 is 0 Å². The van der Waals surface area contributed by atoms with Crippen LogP contribution in [0.15, 0.2) is 89.9 Å². The van der Waals surface area contributed by atoms with Crippen LogP contribution in [0.25, 0.3) is 0 Å². The lowest BCUT2D eigenvalue weighted by Crippen LogP contribution is -1.95. The average Bonchev–Trinajstić information content (AvgIpc) is 2.58. The van der Waals surface area contributed by atoms with Crippen molar-refractivity contribution in [3.8, 4) is 0 Å². The molecule has 1 N–H and O–H groups in total. The molecule has 0 aromatic heterocycles. The van der Waals surface area contributed by atoms with Crippen LogP contribution < -0.4 is 5.32 Å². The molecule has 2 nitrogen and oxygen atoms in total. The Bertz CT molecular complexity index is 734. The van der Waals surface area contributed by atoms with Gasteiger partial charge in [-0.3, -0.25) is 4.99 Å². The zero-order chi connectivity index (χ0) is 15.0. The number of anilines is 2. The third kappa shape index (κ3) is 3.83. The second kappa shape index (κ2) is 7.23. The maximum atomic E-state index is 4.55. The van der Waals surface area contributed by atoms with Crippen molar-refractivity contribution in [3.63, 3.8) is 0 Å². The fourth-order valence-electron chi connectivity index (χ4n) is 2.23. The number of hydrogen-bond acceptors (Lipinski definition) is 2. The SMILES string of the molecule is C(=NCc1ccccc1)c1ccccc1Nc1ccccc1. The molecule has 0 amide bonds. The van der Waals surface area contributed by atoms with E-state index in [-0.39, 0.29) is 0 Å². The molecule has 2 heteroatoms. The summed E-state index contributed by atoms with van der Waals surface area (Å²) in [7, 11) is 0. The first-order valence-electron chi connectivity index (χ1n) is 7.37. The van der Waals surface area contributed by atoms with Crippen LogP contribution in [0.4, 0.5) is 11.4 Å². The fourth-order valence-corrected chi connectivity index (χ4v) is 2.23. The van der Waals surface area contributed by atoms with E-state index in [1.807, 2.05) is 54.7 Å². The predicted molar refractivity (Wildman–Crippen MR) is 93.9 cm³/mol. The molecule has 3 aromatic rings. The maximum absolute atomic E-state index is 4.55. The zero-order valence-electron chi connectivity index (χ0n) is 12.3. The van der Waals surface area contributed by atoms with Gasteiger partial charge in [-0.15, -0.1) is 0 Å². The highest BCUT2D eigenvalue weighted by Gasteiger charge is 1.99. The van der Waals surface area contributed by atoms with E-state index in [0.29, 0.717) is 6.54 Å². The molecule has 0 aliphatic rings. The van der Waals surface area contributed by atoms with Gasteiger partial charge in [0.05, 0.1) is 6.54 Å². The number of benzene rings is 3. The number of para-hydroxylation sites is 2. The largest absolute Gasteiger partial charge is 0.355 e. The van der Waals surface area contributed by atoms with E-state index in [9.17, 15) is 0 Å². The van der Waals surface area contributed by atoms with Crippen molar-refractivity contribution in [2.45, 2.75) is 6.54 Å². The van der Waals surface area contributed by atoms with Crippen LogP contribution in [0, 0.1) is 0 Å². The summed E-state index contributed by atoms with van der Waals surface area (Å²) in [5.74, 6) is 0. The standard InChI is InChI=1S/C20H18N2/c1-3-9-17(10-4-1)15-21-16-18-11-7-8-14-20(18)22-19-12-5-2-6-13-19/h1-14,16,22H,15H2. The molecule has 0 saturated heterocycles. The van der Waals surface area contributed by atoms with Gasteiger partial charge in [0.2, 0.25) is 0 Å². The second-order valence-corrected chi connectivity index (χ2v) is 5.03. The predicted octanol–water partition coefficient (Wildman–Crippen LogP) is 5.05. The first kappa shape index (κ1) is 14.1. The summed E-state index contributed by atoms with van der Waals surface area (Å²) in [5, 5.41) is 3.43. The molecule has 0 radical (unpaired) electrons. The van der Waals surface area contributed by atoms with Gasteiger partial charge in [0.25, 0.3) is 0 Å². The van der Waals surface area contributed by atoms with E-state index >= 15 is 0 Å². The Morgan fingerprint density at radius 2 is 1.36 bits per heavy atom. The average molecular weight is 286 g/mol. The van der Waals surface area contributed by atoms with Crippen LogP contribution >= 0.6 is 0 Å². The minimum atomic E-state index is 0.695. The van der Waals surface area contributed by atoms with Crippen LogP contribution in [0.1, 0.15) is 11.1 Å². The van der Waals surface area contributed by atoms with Gasteiger partial charge in [-0.2, -0.15) is 0 Å². The Balaban J connectivity index is 1.74. The highest BCUT2D eigenvalue weighted by Crippen LogP contribution is 2.19. The molecule has 0 bridgehead atoms. The number of nitrogens with zero attached hydrogens (tertiary/aromatic N) is 1. The maximum Gasteiger partial charge on any atom is 0.0639 e. The van der Waals surface area contributed by atoms with Crippen LogP contribution in [-0.2, 0) is 6.54 Å². The number of aliphatic imine (C=N–C) groups is 1. The van der Waals surface area contributed by atoms with Crippen LogP contribution in [-0.4, -0.2) is 6.21 Å². The number of nitrogens with one attached hydrogen (secondary N) is 1. The van der Waals surface area contributed by atoms with Gasteiger partial charge < -0.3 is 5.32 Å². The Morgan fingerprint density at radius 3 is 2.14 bits per heavy atom. The highest BCUT2D eigenvalue weighted by atomic mass is 14.9. The first-order chi connectivity index (χ1) is 10.9. The number of rotatable bonds is 5. The van der Waals surface area contributed by atoms with Gasteiger partial charge in [0.1, 0.15) is 0 Å². The molecule has 0 spiro atoms. The molecule has 0 unspecified atom stereocenters. The summed E-state index contributed by atoms with van der Waals surface area (Å²) >= 11 is 0. The van der Waals surface area contributed by atoms with E-state index in [4.69, 9.17) is 0 Å². The summed E-state index contributed by atoms with van der Waals surface area (Å²) in [5.41, 5.74) is 4.44. The molecule has 0 saturated carbocycles. The van der Waals surface area contributed by atoms with E-state index in [1.54, 1.807) is 0 Å². The Kier molecular flexibility index (Phi) is 4.63. The van der Waals surface area contributed by atoms with Gasteiger partial charge in [-0.25, -0.2) is 0 Å². The third-order valence-electron chi connectivity index (χ3n) is 3.36. The van der Waals surface area contributed by atoms with Crippen molar-refractivity contribution >= 4 is 17.6 Å². The van der Waals surface area contributed by atoms with Crippen molar-refractivity contribution in [1.29, 1.82) is 0 Å². The molecule has 22 heavy (non-hydrogen) atoms. The lowest BCUT2D eigenvalue weighted by Gasteiger charge is -2.09. The Hall–Kier alpha value is -2.87. The first-order valence-corrected chi connectivity index (χ1v) is 7.37. The lowest BCUT2D eigenvalue weighted by atomic mass is 10.2. The van der Waals surface area contributed by atoms with Crippen LogP contribution in [0.5, 0.6) is 0 Å². The molecule has 3 rings (SSSR count). The smallest absolute Gasteiger partial charge is 0.0639 e. The summed E-state index contributed by atoms with van der Waals surface area (Å²) in [4.78, 5) is 4.55. The van der Waals surface area contributed by atoms with E-state index in [0.717, 1.165) is 16.9 Å². The molecule has 3 aromatic carbocycles. The summed E-state index contributed by atoms with van der Waals surface area (Å²) < 4.78 is 0. The Morgan fingerprint density at radius 1 is 0.727 bits per heavy atom. The zero-order valence-corrected chi connectivity index (χ0v) is 12.3. The molecule has 0 aliphatic heterocycles. The fraction of sp³-hybridized carbons (Fsp3) is 0.0500. The van der Waals surface area contributed by atoms with E-state index in [2.05, 4.69) is 46.7 Å². The summed E-state index contributed by atoms with van der Waals surface area (Å²) in [6.07, 6.45) is 1.93. The second-order valence-electron chi connectivity index (χ2n) is 5.03. The molecule has 108 valence electrons. The van der Waals surface area contributed by atoms with Crippen LogP contribution in [0.2, 0.25) is 0 Å². The highest BCUT2D eigenvalue weighted by molar-refractivity contribution is 5.89. The van der Waals surface area contributed by atoms with Gasteiger partial charge >= 0.3 is 0 Å². The number of hydrogen-bond donors (Lipinski definition) is 1.